The van der Waals surface area contributed by atoms with Crippen molar-refractivity contribution >= 4 is 65.2 Å². The molecule has 0 aliphatic heterocycles. The Morgan fingerprint density at radius 2 is 1.92 bits per heavy atom. The quantitative estimate of drug-likeness (QED) is 0.166. The Morgan fingerprint density at radius 1 is 1.13 bits per heavy atom. The molecule has 3 aromatic heterocycles. The average molecular weight is 642 g/mol. The molecule has 198 valence electrons. The van der Waals surface area contributed by atoms with Crippen molar-refractivity contribution < 1.29 is 23.0 Å². The number of nitrogens with one attached hydrogen (secondary N) is 2. The van der Waals surface area contributed by atoms with Crippen LogP contribution in [0.4, 0.5) is 26.1 Å². The first kappa shape index (κ1) is 26.2. The summed E-state index contributed by atoms with van der Waals surface area (Å²) in [7, 11) is 2.90. The number of para-hydroxylation sites is 1. The third-order valence-corrected chi connectivity index (χ3v) is 7.71. The van der Waals surface area contributed by atoms with E-state index in [1.54, 1.807) is 22.9 Å². The van der Waals surface area contributed by atoms with E-state index >= 15 is 4.39 Å². The summed E-state index contributed by atoms with van der Waals surface area (Å²) in [6, 6.07) is 7.49. The lowest BCUT2D eigenvalue weighted by Crippen LogP contribution is -2.11. The van der Waals surface area contributed by atoms with Gasteiger partial charge in [0.25, 0.3) is 0 Å². The first-order chi connectivity index (χ1) is 18.9. The van der Waals surface area contributed by atoms with E-state index in [1.807, 2.05) is 0 Å². The molecule has 0 atom stereocenters. The molecular weight excluding hydrogens is 621 g/mol. The second kappa shape index (κ2) is 10.7. The highest BCUT2D eigenvalue weighted by Gasteiger charge is 2.24. The number of fused-ring (bicyclic) bond motifs is 3. The molecule has 0 aliphatic carbocycles. The second-order valence-electron chi connectivity index (χ2n) is 8.05. The molecule has 2 N–H and O–H groups in total. The predicted octanol–water partition coefficient (Wildman–Crippen LogP) is 5.68. The van der Waals surface area contributed by atoms with Crippen LogP contribution in [0.5, 0.6) is 11.5 Å². The normalized spacial score (nSPS) is 11.0. The van der Waals surface area contributed by atoms with Gasteiger partial charge in [-0.25, -0.2) is 18.7 Å². The zero-order valence-corrected chi connectivity index (χ0v) is 22.9. The van der Waals surface area contributed by atoms with E-state index in [-0.39, 0.29) is 23.1 Å². The van der Waals surface area contributed by atoms with Crippen LogP contribution in [0.3, 0.4) is 0 Å². The van der Waals surface area contributed by atoms with Gasteiger partial charge >= 0.3 is 0 Å². The highest BCUT2D eigenvalue weighted by Crippen LogP contribution is 2.43. The second-order valence-corrected chi connectivity index (χ2v) is 9.89. The van der Waals surface area contributed by atoms with Crippen molar-refractivity contribution in [3.05, 3.63) is 76.8 Å². The number of carbonyl (C=O) groups is 1. The number of pyridine rings is 1. The van der Waals surface area contributed by atoms with Crippen LogP contribution in [0, 0.1) is 15.2 Å². The van der Waals surface area contributed by atoms with Crippen molar-refractivity contribution in [3.8, 4) is 22.6 Å². The molecule has 0 aliphatic rings. The number of imidazole rings is 1. The van der Waals surface area contributed by atoms with Crippen molar-refractivity contribution in [2.45, 2.75) is 0 Å². The molecule has 0 spiro atoms. The Labute approximate surface area is 231 Å². The van der Waals surface area contributed by atoms with Crippen molar-refractivity contribution in [1.29, 1.82) is 0 Å². The summed E-state index contributed by atoms with van der Waals surface area (Å²) in [6.45, 7) is 3.42. The van der Waals surface area contributed by atoms with E-state index in [2.05, 4.69) is 36.7 Å². The fourth-order valence-corrected chi connectivity index (χ4v) is 5.78. The van der Waals surface area contributed by atoms with E-state index in [0.29, 0.717) is 37.1 Å². The molecule has 0 fully saturated rings. The van der Waals surface area contributed by atoms with Gasteiger partial charge in [-0.3, -0.25) is 9.20 Å². The third kappa shape index (κ3) is 4.67. The van der Waals surface area contributed by atoms with E-state index in [9.17, 15) is 9.18 Å². The molecule has 5 aromatic rings. The Bertz CT molecular complexity index is 1790. The Kier molecular flexibility index (Phi) is 7.19. The van der Waals surface area contributed by atoms with Gasteiger partial charge in [-0.15, -0.1) is 0 Å². The molecule has 0 saturated heterocycles. The lowest BCUT2D eigenvalue weighted by molar-refractivity contribution is -0.111. The number of methoxy groups -OCH3 is 2. The highest BCUT2D eigenvalue weighted by atomic mass is 127. The summed E-state index contributed by atoms with van der Waals surface area (Å²) >= 11 is -0.856. The van der Waals surface area contributed by atoms with Crippen LogP contribution >= 0.6 is 20.7 Å². The number of aromatic nitrogens is 4. The van der Waals surface area contributed by atoms with Gasteiger partial charge in [0, 0.05) is 41.2 Å². The number of nitrogens with zero attached hydrogens (tertiary/aromatic N) is 4. The van der Waals surface area contributed by atoms with Gasteiger partial charge < -0.3 is 20.1 Å². The maximum absolute atomic E-state index is 15.7. The number of carbonyl (C=O) groups excluding carboxylic acids is 1. The van der Waals surface area contributed by atoms with Gasteiger partial charge in [0.15, 0.2) is 17.2 Å². The monoisotopic (exact) mass is 642 g/mol. The number of rotatable bonds is 8. The Morgan fingerprint density at radius 3 is 2.64 bits per heavy atom. The maximum Gasteiger partial charge on any atom is 0.247 e. The van der Waals surface area contributed by atoms with Crippen LogP contribution in [0.25, 0.3) is 27.8 Å². The minimum absolute atomic E-state index is 0.0138. The summed E-state index contributed by atoms with van der Waals surface area (Å²) in [5.41, 5.74) is 1.85. The van der Waals surface area contributed by atoms with E-state index in [1.165, 1.54) is 44.7 Å². The molecule has 9 nitrogen and oxygen atoms in total. The first-order valence-electron chi connectivity index (χ1n) is 11.3. The summed E-state index contributed by atoms with van der Waals surface area (Å²) < 4.78 is 47.6. The average Bonchev–Trinajstić information content (AvgIpc) is 3.45. The van der Waals surface area contributed by atoms with Crippen LogP contribution < -0.4 is 20.1 Å². The van der Waals surface area contributed by atoms with Gasteiger partial charge in [0.2, 0.25) is 11.9 Å². The molecule has 2 aromatic carbocycles. The molecule has 0 radical (unpaired) electrons. The number of anilines is 3. The van der Waals surface area contributed by atoms with Gasteiger partial charge in [0.1, 0.15) is 22.9 Å². The largest absolute Gasteiger partial charge is 0.495 e. The van der Waals surface area contributed by atoms with Gasteiger partial charge in [0.05, 0.1) is 23.5 Å². The topological polar surface area (TPSA) is 103 Å². The molecular formula is C27H21F2IN6O3. The lowest BCUT2D eigenvalue weighted by atomic mass is 10.0. The SMILES string of the molecule is C=CC(=O)Nc1cccc(F)c1Nc1ncc2cc(-c3c(F)c(OC)cc(OC)c3I=C)c3nccn3c2n1. The highest BCUT2D eigenvalue weighted by molar-refractivity contribution is 14.2. The van der Waals surface area contributed by atoms with Crippen LogP contribution in [0.2, 0.25) is 0 Å². The summed E-state index contributed by atoms with van der Waals surface area (Å²) in [5.74, 6) is -1.07. The lowest BCUT2D eigenvalue weighted by Gasteiger charge is -2.16. The minimum Gasteiger partial charge on any atom is -0.495 e. The standard InChI is InChI=1S/C27H21F2IN6O3/c1-5-20(37)33-17-8-6-7-16(28)24(17)34-27-32-13-14-11-15(26-31-9-10-36(26)25(14)35-27)21-22(29)18(38-3)12-19(39-4)23(21)30-2/h5-13H,1-2H2,3-4H3,(H,33,37)(H,32,34,35). The van der Waals surface area contributed by atoms with Crippen LogP contribution in [0.15, 0.2) is 61.6 Å². The number of hydrogen-bond donors (Lipinski definition) is 2. The molecule has 12 heteroatoms. The van der Waals surface area contributed by atoms with E-state index in [0.717, 1.165) is 6.08 Å². The molecule has 39 heavy (non-hydrogen) atoms. The summed E-state index contributed by atoms with van der Waals surface area (Å²) in [5, 5.41) is 5.98. The molecule has 0 bridgehead atoms. The zero-order valence-electron chi connectivity index (χ0n) is 20.8. The first-order valence-corrected chi connectivity index (χ1v) is 14.0. The summed E-state index contributed by atoms with van der Waals surface area (Å²) in [4.78, 5) is 25.2. The molecule has 0 saturated carbocycles. The third-order valence-electron chi connectivity index (χ3n) is 5.88. The number of hydrogen-bond acceptors (Lipinski definition) is 7. The fourth-order valence-electron chi connectivity index (χ4n) is 4.12. The molecule has 3 heterocycles. The Hall–Kier alpha value is -4.46. The minimum atomic E-state index is -0.856. The van der Waals surface area contributed by atoms with Crippen molar-refractivity contribution in [2.75, 3.05) is 24.9 Å². The number of amides is 1. The van der Waals surface area contributed by atoms with Gasteiger partial charge in [-0.05, 0) is 24.3 Å². The van der Waals surface area contributed by atoms with Gasteiger partial charge in [-0.2, -0.15) is 4.98 Å². The molecule has 0 unspecified atom stereocenters. The maximum atomic E-state index is 15.7. The van der Waals surface area contributed by atoms with Gasteiger partial charge in [-0.1, -0.05) is 37.9 Å². The predicted molar refractivity (Wildman–Crippen MR) is 155 cm³/mol. The van der Waals surface area contributed by atoms with Crippen LogP contribution in [-0.2, 0) is 4.79 Å². The summed E-state index contributed by atoms with van der Waals surface area (Å²) in [6.07, 6.45) is 5.87. The molecule has 1 amide bonds. The number of halogens is 3. The van der Waals surface area contributed by atoms with E-state index < -0.39 is 38.3 Å². The number of ether oxygens (including phenoxy) is 2. The van der Waals surface area contributed by atoms with Crippen LogP contribution in [-0.4, -0.2) is 44.0 Å². The molecule has 5 rings (SSSR count). The smallest absolute Gasteiger partial charge is 0.247 e. The Balaban J connectivity index is 1.68. The number of benzene rings is 2. The van der Waals surface area contributed by atoms with Crippen LogP contribution in [0.1, 0.15) is 0 Å². The fraction of sp³-hybridized carbons (Fsp3) is 0.0741. The van der Waals surface area contributed by atoms with Crippen molar-refractivity contribution in [3.63, 3.8) is 0 Å². The van der Waals surface area contributed by atoms with Crippen molar-refractivity contribution in [2.24, 2.45) is 0 Å². The zero-order chi connectivity index (χ0) is 27.7. The van der Waals surface area contributed by atoms with E-state index in [4.69, 9.17) is 9.47 Å². The van der Waals surface area contributed by atoms with Crippen molar-refractivity contribution in [1.82, 2.24) is 19.4 Å².